The van der Waals surface area contributed by atoms with Crippen LogP contribution >= 0.6 is 0 Å². The Labute approximate surface area is 136 Å². The summed E-state index contributed by atoms with van der Waals surface area (Å²) in [6.07, 6.45) is 16.3. The third kappa shape index (κ3) is 10.4. The first-order chi connectivity index (χ1) is 8.43. The molecule has 0 N–H and O–H groups in total. The standard InChI is InChI=1S/C15H30N2.Na/c1-2-3-4-5-6-7-8-9-10-11-13-17-14-12-16-15-17;/h15H,2-14H2,1H3;/q;+1. The summed E-state index contributed by atoms with van der Waals surface area (Å²) in [5, 5.41) is 0. The van der Waals surface area contributed by atoms with E-state index < -0.39 is 0 Å². The Bertz CT molecular complexity index is 195. The van der Waals surface area contributed by atoms with Gasteiger partial charge in [0, 0.05) is 13.1 Å². The van der Waals surface area contributed by atoms with Crippen LogP contribution in [-0.2, 0) is 0 Å². The molecule has 1 aliphatic heterocycles. The molecule has 0 aliphatic carbocycles. The molecule has 0 unspecified atom stereocenters. The molecule has 0 saturated heterocycles. The molecule has 0 fully saturated rings. The quantitative estimate of drug-likeness (QED) is 0.404. The van der Waals surface area contributed by atoms with E-state index in [4.69, 9.17) is 0 Å². The Morgan fingerprint density at radius 3 is 1.94 bits per heavy atom. The van der Waals surface area contributed by atoms with Crippen molar-refractivity contribution in [3.63, 3.8) is 0 Å². The maximum atomic E-state index is 4.23. The topological polar surface area (TPSA) is 15.6 Å². The van der Waals surface area contributed by atoms with E-state index in [9.17, 15) is 0 Å². The summed E-state index contributed by atoms with van der Waals surface area (Å²) in [5.41, 5.74) is 0. The summed E-state index contributed by atoms with van der Waals surface area (Å²) in [7, 11) is 0. The molecule has 0 atom stereocenters. The minimum absolute atomic E-state index is 0. The van der Waals surface area contributed by atoms with E-state index in [0.29, 0.717) is 0 Å². The first-order valence-electron chi connectivity index (χ1n) is 7.67. The van der Waals surface area contributed by atoms with Gasteiger partial charge in [0.1, 0.15) is 0 Å². The first-order valence-corrected chi connectivity index (χ1v) is 7.67. The fraction of sp³-hybridized carbons (Fsp3) is 0.933. The number of hydrogen-bond donors (Lipinski definition) is 0. The van der Waals surface area contributed by atoms with Crippen molar-refractivity contribution in [2.24, 2.45) is 4.99 Å². The van der Waals surface area contributed by atoms with Crippen LogP contribution in [0, 0.1) is 0 Å². The van der Waals surface area contributed by atoms with E-state index in [1.54, 1.807) is 0 Å². The second-order valence-corrected chi connectivity index (χ2v) is 5.24. The van der Waals surface area contributed by atoms with Gasteiger partial charge in [0.15, 0.2) is 0 Å². The first kappa shape index (κ1) is 18.5. The van der Waals surface area contributed by atoms with E-state index in [1.165, 1.54) is 70.8 Å². The molecule has 1 aliphatic rings. The summed E-state index contributed by atoms with van der Waals surface area (Å²) in [4.78, 5) is 6.58. The predicted molar refractivity (Wildman–Crippen MR) is 76.8 cm³/mol. The normalized spacial score (nSPS) is 13.9. The van der Waals surface area contributed by atoms with Crippen LogP contribution < -0.4 is 29.6 Å². The van der Waals surface area contributed by atoms with Crippen molar-refractivity contribution in [2.45, 2.75) is 71.1 Å². The number of unbranched alkanes of at least 4 members (excludes halogenated alkanes) is 9. The minimum atomic E-state index is 0. The second-order valence-electron chi connectivity index (χ2n) is 5.24. The molecule has 1 rings (SSSR count). The SMILES string of the molecule is CCCCCCCCCCCCN1C=NCC1.[Na+]. The zero-order valence-corrected chi connectivity index (χ0v) is 14.7. The second kappa shape index (κ2) is 13.9. The van der Waals surface area contributed by atoms with Crippen molar-refractivity contribution in [3.05, 3.63) is 0 Å². The predicted octanol–water partition coefficient (Wildman–Crippen LogP) is 1.26. The molecular weight excluding hydrogens is 231 g/mol. The van der Waals surface area contributed by atoms with Crippen LogP contribution in [-0.4, -0.2) is 30.9 Å². The average molecular weight is 261 g/mol. The van der Waals surface area contributed by atoms with Gasteiger partial charge in [0.25, 0.3) is 0 Å². The monoisotopic (exact) mass is 261 g/mol. The van der Waals surface area contributed by atoms with Crippen molar-refractivity contribution in [2.75, 3.05) is 19.6 Å². The van der Waals surface area contributed by atoms with Gasteiger partial charge in [-0.25, -0.2) is 0 Å². The van der Waals surface area contributed by atoms with Crippen LogP contribution in [0.15, 0.2) is 4.99 Å². The molecule has 100 valence electrons. The molecule has 0 aromatic rings. The van der Waals surface area contributed by atoms with Gasteiger partial charge in [0.05, 0.1) is 12.9 Å². The molecule has 0 aromatic heterocycles. The Morgan fingerprint density at radius 1 is 0.889 bits per heavy atom. The molecule has 3 heteroatoms. The van der Waals surface area contributed by atoms with Gasteiger partial charge in [0.2, 0.25) is 0 Å². The zero-order valence-electron chi connectivity index (χ0n) is 12.7. The van der Waals surface area contributed by atoms with Crippen molar-refractivity contribution in [1.29, 1.82) is 0 Å². The molecule has 1 heterocycles. The van der Waals surface area contributed by atoms with Crippen LogP contribution in [0.25, 0.3) is 0 Å². The Morgan fingerprint density at radius 2 is 1.44 bits per heavy atom. The van der Waals surface area contributed by atoms with Crippen molar-refractivity contribution in [3.8, 4) is 0 Å². The molecule has 0 spiro atoms. The van der Waals surface area contributed by atoms with Crippen molar-refractivity contribution < 1.29 is 29.6 Å². The Hall–Kier alpha value is 0.470. The van der Waals surface area contributed by atoms with E-state index in [0.717, 1.165) is 13.1 Å². The van der Waals surface area contributed by atoms with Crippen LogP contribution in [0.2, 0.25) is 0 Å². The summed E-state index contributed by atoms with van der Waals surface area (Å²) in [5.74, 6) is 0. The van der Waals surface area contributed by atoms with Crippen LogP contribution in [0.4, 0.5) is 0 Å². The number of rotatable bonds is 11. The summed E-state index contributed by atoms with van der Waals surface area (Å²) in [6, 6.07) is 0. The van der Waals surface area contributed by atoms with Gasteiger partial charge in [-0.05, 0) is 6.42 Å². The zero-order chi connectivity index (χ0) is 12.2. The Balaban J connectivity index is 0.00000289. The van der Waals surface area contributed by atoms with Gasteiger partial charge in [-0.15, -0.1) is 0 Å². The van der Waals surface area contributed by atoms with E-state index >= 15 is 0 Å². The van der Waals surface area contributed by atoms with Crippen LogP contribution in [0.5, 0.6) is 0 Å². The van der Waals surface area contributed by atoms with Crippen molar-refractivity contribution >= 4 is 6.34 Å². The minimum Gasteiger partial charge on any atom is -0.361 e. The number of hydrogen-bond acceptors (Lipinski definition) is 2. The third-order valence-corrected chi connectivity index (χ3v) is 3.56. The molecule has 0 amide bonds. The molecular formula is C15H30N2Na+. The summed E-state index contributed by atoms with van der Waals surface area (Å²) < 4.78 is 0. The fourth-order valence-corrected chi connectivity index (χ4v) is 2.39. The fourth-order valence-electron chi connectivity index (χ4n) is 2.39. The van der Waals surface area contributed by atoms with Crippen molar-refractivity contribution in [1.82, 2.24) is 4.90 Å². The molecule has 18 heavy (non-hydrogen) atoms. The molecule has 2 nitrogen and oxygen atoms in total. The molecule has 0 aromatic carbocycles. The molecule has 0 saturated carbocycles. The number of nitrogens with zero attached hydrogens (tertiary/aromatic N) is 2. The summed E-state index contributed by atoms with van der Waals surface area (Å²) >= 11 is 0. The van der Waals surface area contributed by atoms with Gasteiger partial charge in [-0.1, -0.05) is 64.7 Å². The Kier molecular flexibility index (Phi) is 14.3. The van der Waals surface area contributed by atoms with Crippen LogP contribution in [0.1, 0.15) is 71.1 Å². The van der Waals surface area contributed by atoms with E-state index in [1.807, 2.05) is 6.34 Å². The van der Waals surface area contributed by atoms with Gasteiger partial charge < -0.3 is 4.90 Å². The van der Waals surface area contributed by atoms with Gasteiger partial charge in [-0.2, -0.15) is 0 Å². The molecule has 0 radical (unpaired) electrons. The maximum absolute atomic E-state index is 4.23. The third-order valence-electron chi connectivity index (χ3n) is 3.56. The number of aliphatic imine (C=N–C) groups is 1. The van der Waals surface area contributed by atoms with Gasteiger partial charge in [-0.3, -0.25) is 4.99 Å². The largest absolute Gasteiger partial charge is 1.00 e. The smallest absolute Gasteiger partial charge is 0.361 e. The van der Waals surface area contributed by atoms with Crippen LogP contribution in [0.3, 0.4) is 0 Å². The van der Waals surface area contributed by atoms with E-state index in [-0.39, 0.29) is 29.6 Å². The maximum Gasteiger partial charge on any atom is 1.00 e. The van der Waals surface area contributed by atoms with Gasteiger partial charge >= 0.3 is 29.6 Å². The molecule has 0 bridgehead atoms. The van der Waals surface area contributed by atoms with E-state index in [2.05, 4.69) is 16.8 Å². The summed E-state index contributed by atoms with van der Waals surface area (Å²) in [6.45, 7) is 5.67. The average Bonchev–Trinajstić information content (AvgIpc) is 2.85.